The van der Waals surface area contributed by atoms with Crippen molar-refractivity contribution >= 4 is 27.5 Å². The highest BCUT2D eigenvalue weighted by atomic mass is 79.9. The third-order valence-electron chi connectivity index (χ3n) is 2.12. The first-order valence-corrected chi connectivity index (χ1v) is 5.92. The maximum absolute atomic E-state index is 11.5. The van der Waals surface area contributed by atoms with Gasteiger partial charge in [-0.15, -0.1) is 0 Å². The Morgan fingerprint density at radius 2 is 1.75 bits per heavy atom. The Kier molecular flexibility index (Phi) is 4.30. The maximum Gasteiger partial charge on any atom is 0.248 e. The fourth-order valence-corrected chi connectivity index (χ4v) is 1.69. The predicted molar refractivity (Wildman–Crippen MR) is 71.7 cm³/mol. The predicted octanol–water partition coefficient (Wildman–Crippen LogP) is 3.97. The van der Waals surface area contributed by atoms with E-state index in [1.54, 1.807) is 6.08 Å². The van der Waals surface area contributed by atoms with Gasteiger partial charge in [0.05, 0.1) is 0 Å². The van der Waals surface area contributed by atoms with E-state index in [9.17, 15) is 4.79 Å². The van der Waals surface area contributed by atoms with Gasteiger partial charge < -0.3 is 5.32 Å². The van der Waals surface area contributed by atoms with Crippen LogP contribution in [0.1, 0.15) is 25.0 Å². The Balaban J connectivity index is 2.91. The first-order chi connectivity index (χ1) is 7.40. The molecule has 1 N–H and O–H groups in total. The second kappa shape index (κ2) is 5.30. The lowest BCUT2D eigenvalue weighted by molar-refractivity contribution is -0.111. The van der Waals surface area contributed by atoms with Crippen molar-refractivity contribution in [2.24, 2.45) is 0 Å². The van der Waals surface area contributed by atoms with Crippen LogP contribution in [0.4, 0.5) is 5.69 Å². The Bertz CT molecular complexity index is 422. The molecule has 16 heavy (non-hydrogen) atoms. The van der Waals surface area contributed by atoms with Crippen LogP contribution in [0.3, 0.4) is 0 Å². The van der Waals surface area contributed by atoms with Crippen molar-refractivity contribution in [2.45, 2.75) is 27.7 Å². The zero-order valence-electron chi connectivity index (χ0n) is 10.0. The van der Waals surface area contributed by atoms with Gasteiger partial charge in [-0.2, -0.15) is 0 Å². The summed E-state index contributed by atoms with van der Waals surface area (Å²) in [4.78, 5) is 11.5. The van der Waals surface area contributed by atoms with Crippen LogP contribution < -0.4 is 5.32 Å². The minimum absolute atomic E-state index is 0.0823. The summed E-state index contributed by atoms with van der Waals surface area (Å²) in [5.74, 6) is -0.0823. The Morgan fingerprint density at radius 1 is 1.25 bits per heavy atom. The van der Waals surface area contributed by atoms with Gasteiger partial charge in [0.25, 0.3) is 0 Å². The average Bonchev–Trinajstić information content (AvgIpc) is 2.12. The van der Waals surface area contributed by atoms with Gasteiger partial charge in [0, 0.05) is 16.2 Å². The van der Waals surface area contributed by atoms with E-state index in [0.29, 0.717) is 0 Å². The Hall–Kier alpha value is -1.09. The fraction of sp³-hybridized carbons (Fsp3) is 0.308. The number of aryl methyl sites for hydroxylation is 2. The van der Waals surface area contributed by atoms with Gasteiger partial charge in [0.1, 0.15) is 0 Å². The third kappa shape index (κ3) is 3.49. The van der Waals surface area contributed by atoms with Crippen molar-refractivity contribution < 1.29 is 4.79 Å². The lowest BCUT2D eigenvalue weighted by Gasteiger charge is -2.08. The molecular weight excluding hydrogens is 266 g/mol. The molecule has 0 fully saturated rings. The minimum atomic E-state index is -0.0823. The molecule has 0 unspecified atom stereocenters. The van der Waals surface area contributed by atoms with Crippen molar-refractivity contribution in [1.29, 1.82) is 0 Å². The van der Waals surface area contributed by atoms with Gasteiger partial charge in [-0.3, -0.25) is 4.79 Å². The smallest absolute Gasteiger partial charge is 0.248 e. The van der Waals surface area contributed by atoms with E-state index in [2.05, 4.69) is 21.2 Å². The quantitative estimate of drug-likeness (QED) is 0.817. The van der Waals surface area contributed by atoms with Crippen molar-refractivity contribution in [1.82, 2.24) is 0 Å². The maximum atomic E-state index is 11.5. The van der Waals surface area contributed by atoms with Gasteiger partial charge >= 0.3 is 0 Å². The highest BCUT2D eigenvalue weighted by Crippen LogP contribution is 2.24. The van der Waals surface area contributed by atoms with Crippen molar-refractivity contribution in [2.75, 3.05) is 5.32 Å². The largest absolute Gasteiger partial charge is 0.322 e. The molecule has 3 heteroatoms. The van der Waals surface area contributed by atoms with Crippen LogP contribution >= 0.6 is 15.9 Å². The highest BCUT2D eigenvalue weighted by Gasteiger charge is 2.04. The molecule has 1 aromatic carbocycles. The minimum Gasteiger partial charge on any atom is -0.322 e. The SMILES string of the molecule is CC(C)=CC(=O)Nc1cc(C)c(Br)c(C)c1. The average molecular weight is 282 g/mol. The van der Waals surface area contributed by atoms with E-state index in [0.717, 1.165) is 26.9 Å². The summed E-state index contributed by atoms with van der Waals surface area (Å²) in [6.45, 7) is 7.82. The summed E-state index contributed by atoms with van der Waals surface area (Å²) in [5.41, 5.74) is 4.06. The van der Waals surface area contributed by atoms with Crippen molar-refractivity contribution in [3.63, 3.8) is 0 Å². The number of rotatable bonds is 2. The fourth-order valence-electron chi connectivity index (χ4n) is 1.46. The molecule has 0 bridgehead atoms. The molecule has 0 aliphatic rings. The summed E-state index contributed by atoms with van der Waals surface area (Å²) in [5, 5.41) is 2.85. The van der Waals surface area contributed by atoms with Gasteiger partial charge in [-0.1, -0.05) is 21.5 Å². The zero-order valence-corrected chi connectivity index (χ0v) is 11.6. The first kappa shape index (κ1) is 13.0. The van der Waals surface area contributed by atoms with Crippen LogP contribution in [0.2, 0.25) is 0 Å². The monoisotopic (exact) mass is 281 g/mol. The summed E-state index contributed by atoms with van der Waals surface area (Å²) >= 11 is 3.50. The Labute approximate surface area is 105 Å². The topological polar surface area (TPSA) is 29.1 Å². The zero-order chi connectivity index (χ0) is 12.3. The van der Waals surface area contributed by atoms with E-state index in [4.69, 9.17) is 0 Å². The van der Waals surface area contributed by atoms with Crippen molar-refractivity contribution in [3.05, 3.63) is 39.4 Å². The van der Waals surface area contributed by atoms with Gasteiger partial charge in [0.15, 0.2) is 0 Å². The Morgan fingerprint density at radius 3 is 2.19 bits per heavy atom. The third-order valence-corrected chi connectivity index (χ3v) is 3.37. The van der Waals surface area contributed by atoms with E-state index < -0.39 is 0 Å². The van der Waals surface area contributed by atoms with Gasteiger partial charge in [0.2, 0.25) is 5.91 Å². The van der Waals surface area contributed by atoms with Gasteiger partial charge in [-0.05, 0) is 51.0 Å². The highest BCUT2D eigenvalue weighted by molar-refractivity contribution is 9.10. The molecule has 1 amide bonds. The summed E-state index contributed by atoms with van der Waals surface area (Å²) in [7, 11) is 0. The van der Waals surface area contributed by atoms with E-state index in [1.165, 1.54) is 0 Å². The number of carbonyl (C=O) groups excluding carboxylic acids is 1. The number of halogens is 1. The molecule has 86 valence electrons. The number of hydrogen-bond donors (Lipinski definition) is 1. The number of nitrogens with one attached hydrogen (secondary N) is 1. The summed E-state index contributed by atoms with van der Waals surface area (Å²) < 4.78 is 1.09. The van der Waals surface area contributed by atoms with Crippen LogP contribution in [-0.2, 0) is 4.79 Å². The first-order valence-electron chi connectivity index (χ1n) is 5.13. The van der Waals surface area contributed by atoms with Crippen LogP contribution in [-0.4, -0.2) is 5.91 Å². The molecule has 0 aromatic heterocycles. The number of amides is 1. The molecule has 0 saturated heterocycles. The van der Waals surface area contributed by atoms with Crippen LogP contribution in [0, 0.1) is 13.8 Å². The molecule has 0 saturated carbocycles. The molecule has 2 nitrogen and oxygen atoms in total. The second-order valence-electron chi connectivity index (χ2n) is 4.13. The molecule has 0 atom stereocenters. The lowest BCUT2D eigenvalue weighted by atomic mass is 10.1. The normalized spacial score (nSPS) is 9.81. The van der Waals surface area contributed by atoms with Crippen molar-refractivity contribution in [3.8, 4) is 0 Å². The number of benzene rings is 1. The molecule has 1 aromatic rings. The van der Waals surface area contributed by atoms with E-state index in [-0.39, 0.29) is 5.91 Å². The molecule has 0 aliphatic carbocycles. The van der Waals surface area contributed by atoms with E-state index >= 15 is 0 Å². The standard InChI is InChI=1S/C13H16BrNO/c1-8(2)5-12(16)15-11-6-9(3)13(14)10(4)7-11/h5-7H,1-4H3,(H,15,16). The summed E-state index contributed by atoms with van der Waals surface area (Å²) in [6, 6.07) is 3.90. The summed E-state index contributed by atoms with van der Waals surface area (Å²) in [6.07, 6.45) is 1.59. The number of anilines is 1. The number of carbonyl (C=O) groups is 1. The molecule has 0 aliphatic heterocycles. The van der Waals surface area contributed by atoms with Crippen LogP contribution in [0.25, 0.3) is 0 Å². The molecule has 0 heterocycles. The van der Waals surface area contributed by atoms with E-state index in [1.807, 2.05) is 39.8 Å². The molecule has 0 radical (unpaired) electrons. The molecular formula is C13H16BrNO. The lowest BCUT2D eigenvalue weighted by Crippen LogP contribution is -2.08. The number of hydrogen-bond acceptors (Lipinski definition) is 1. The van der Waals surface area contributed by atoms with Crippen LogP contribution in [0.15, 0.2) is 28.3 Å². The second-order valence-corrected chi connectivity index (χ2v) is 4.93. The van der Waals surface area contributed by atoms with Crippen LogP contribution in [0.5, 0.6) is 0 Å². The van der Waals surface area contributed by atoms with Gasteiger partial charge in [-0.25, -0.2) is 0 Å². The molecule has 1 rings (SSSR count). The molecule has 0 spiro atoms. The number of allylic oxidation sites excluding steroid dienone is 1.